The van der Waals surface area contributed by atoms with Crippen LogP contribution in [0.5, 0.6) is 0 Å². The van der Waals surface area contributed by atoms with E-state index in [0.717, 1.165) is 42.6 Å². The van der Waals surface area contributed by atoms with Gasteiger partial charge in [-0.2, -0.15) is 0 Å². The Morgan fingerprint density at radius 3 is 2.39 bits per heavy atom. The number of halogens is 1. The van der Waals surface area contributed by atoms with Gasteiger partial charge in [0.15, 0.2) is 0 Å². The Balaban J connectivity index is 1.70. The monoisotopic (exact) mass is 494 g/mol. The zero-order chi connectivity index (χ0) is 25.9. The van der Waals surface area contributed by atoms with Gasteiger partial charge in [-0.15, -0.1) is 0 Å². The van der Waals surface area contributed by atoms with Crippen LogP contribution in [0.1, 0.15) is 81.9 Å². The quantitative estimate of drug-likeness (QED) is 0.411. The van der Waals surface area contributed by atoms with Gasteiger partial charge in [0.1, 0.15) is 5.82 Å². The largest absolute Gasteiger partial charge is 0.481 e. The van der Waals surface area contributed by atoms with Gasteiger partial charge in [-0.05, 0) is 73.4 Å². The summed E-state index contributed by atoms with van der Waals surface area (Å²) < 4.78 is 14.5. The molecular weight excluding hydrogens is 455 g/mol. The highest BCUT2D eigenvalue weighted by molar-refractivity contribution is 5.96. The molecule has 0 bridgehead atoms. The Hall–Kier alpha value is -2.89. The number of hydrogen-bond acceptors (Lipinski definition) is 3. The summed E-state index contributed by atoms with van der Waals surface area (Å²) in [5, 5.41) is 13.1. The summed E-state index contributed by atoms with van der Waals surface area (Å²) >= 11 is 0. The van der Waals surface area contributed by atoms with Crippen LogP contribution in [0.4, 0.5) is 15.8 Å². The molecule has 0 radical (unpaired) electrons. The standard InChI is InChI=1S/C30H39FN2O3/c1-20(2)19-33(24-8-5-4-6-9-24)27-13-12-23(30(29(35)36)14-7-15-30)18-26(27)32-28(34)17-22-11-10-21(3)16-25(22)31/h10-13,16,18,20,24H,4-9,14-15,17,19H2,1-3H3,(H,32,34)(H,35,36). The van der Waals surface area contributed by atoms with Crippen molar-refractivity contribution < 1.29 is 19.1 Å². The SMILES string of the molecule is Cc1ccc(CC(=O)Nc2cc(C3(C(=O)O)CCC3)ccc2N(CC(C)C)C2CCCCC2)c(F)c1. The number of aryl methyl sites for hydroxylation is 1. The fraction of sp³-hybridized carbons (Fsp3) is 0.533. The van der Waals surface area contributed by atoms with Crippen molar-refractivity contribution in [2.75, 3.05) is 16.8 Å². The minimum absolute atomic E-state index is 0.0759. The molecule has 0 aliphatic heterocycles. The lowest BCUT2D eigenvalue weighted by atomic mass is 9.64. The van der Waals surface area contributed by atoms with Crippen LogP contribution in [0.3, 0.4) is 0 Å². The number of carbonyl (C=O) groups is 2. The smallest absolute Gasteiger partial charge is 0.314 e. The van der Waals surface area contributed by atoms with E-state index < -0.39 is 11.4 Å². The molecule has 0 heterocycles. The predicted molar refractivity (Wildman–Crippen MR) is 142 cm³/mol. The second-order valence-corrected chi connectivity index (χ2v) is 11.1. The summed E-state index contributed by atoms with van der Waals surface area (Å²) in [5.74, 6) is -1.08. The van der Waals surface area contributed by atoms with Crippen LogP contribution in [0.2, 0.25) is 0 Å². The van der Waals surface area contributed by atoms with Gasteiger partial charge in [-0.25, -0.2) is 4.39 Å². The molecule has 2 fully saturated rings. The zero-order valence-electron chi connectivity index (χ0n) is 21.8. The average Bonchev–Trinajstić information content (AvgIpc) is 2.79. The van der Waals surface area contributed by atoms with E-state index in [2.05, 4.69) is 24.1 Å². The molecule has 6 heteroatoms. The van der Waals surface area contributed by atoms with Crippen LogP contribution in [0.25, 0.3) is 0 Å². The number of anilines is 2. The van der Waals surface area contributed by atoms with Gasteiger partial charge in [-0.3, -0.25) is 9.59 Å². The van der Waals surface area contributed by atoms with E-state index in [4.69, 9.17) is 0 Å². The maximum absolute atomic E-state index is 14.5. The van der Waals surface area contributed by atoms with Crippen molar-refractivity contribution in [1.29, 1.82) is 0 Å². The Kier molecular flexibility index (Phi) is 8.01. The second-order valence-electron chi connectivity index (χ2n) is 11.1. The number of aliphatic carboxylic acids is 1. The number of nitrogens with one attached hydrogen (secondary N) is 1. The predicted octanol–water partition coefficient (Wildman–Crippen LogP) is 6.62. The molecule has 0 unspecified atom stereocenters. The first kappa shape index (κ1) is 26.2. The van der Waals surface area contributed by atoms with Gasteiger partial charge < -0.3 is 15.3 Å². The summed E-state index contributed by atoms with van der Waals surface area (Å²) in [6, 6.07) is 11.1. The van der Waals surface area contributed by atoms with Crippen LogP contribution in [-0.2, 0) is 21.4 Å². The van der Waals surface area contributed by atoms with E-state index in [0.29, 0.717) is 36.1 Å². The summed E-state index contributed by atoms with van der Waals surface area (Å²) in [4.78, 5) is 27.8. The van der Waals surface area contributed by atoms with Gasteiger partial charge in [0.05, 0.1) is 23.2 Å². The van der Waals surface area contributed by atoms with E-state index in [1.54, 1.807) is 12.1 Å². The zero-order valence-corrected chi connectivity index (χ0v) is 21.8. The van der Waals surface area contributed by atoms with Crippen LogP contribution >= 0.6 is 0 Å². The Labute approximate surface area is 214 Å². The van der Waals surface area contributed by atoms with Gasteiger partial charge in [-0.1, -0.05) is 57.7 Å². The summed E-state index contributed by atoms with van der Waals surface area (Å²) in [5.41, 5.74) is 2.55. The van der Waals surface area contributed by atoms with Crippen molar-refractivity contribution in [3.8, 4) is 0 Å². The molecule has 2 aliphatic carbocycles. The molecule has 0 aromatic heterocycles. The maximum Gasteiger partial charge on any atom is 0.314 e. The number of carbonyl (C=O) groups excluding carboxylic acids is 1. The fourth-order valence-corrected chi connectivity index (χ4v) is 5.73. The van der Waals surface area contributed by atoms with E-state index in [-0.39, 0.29) is 18.1 Å². The van der Waals surface area contributed by atoms with Crippen LogP contribution < -0.4 is 10.2 Å². The minimum Gasteiger partial charge on any atom is -0.481 e. The van der Waals surface area contributed by atoms with Crippen molar-refractivity contribution in [3.05, 3.63) is 58.9 Å². The van der Waals surface area contributed by atoms with E-state index >= 15 is 0 Å². The topological polar surface area (TPSA) is 69.6 Å². The number of carboxylic acids is 1. The lowest BCUT2D eigenvalue weighted by Crippen LogP contribution is -2.43. The van der Waals surface area contributed by atoms with Gasteiger partial charge in [0, 0.05) is 12.6 Å². The fourth-order valence-electron chi connectivity index (χ4n) is 5.73. The first-order valence-corrected chi connectivity index (χ1v) is 13.4. The number of nitrogens with zero attached hydrogens (tertiary/aromatic N) is 1. The van der Waals surface area contributed by atoms with Crippen molar-refractivity contribution >= 4 is 23.3 Å². The third-order valence-electron chi connectivity index (χ3n) is 7.89. The molecule has 194 valence electrons. The number of benzene rings is 2. The molecule has 2 aromatic carbocycles. The molecule has 36 heavy (non-hydrogen) atoms. The molecule has 2 saturated carbocycles. The number of amides is 1. The average molecular weight is 495 g/mol. The molecule has 0 spiro atoms. The number of carboxylic acid groups (broad SMARTS) is 1. The maximum atomic E-state index is 14.5. The van der Waals surface area contributed by atoms with Gasteiger partial charge in [0.25, 0.3) is 0 Å². The van der Waals surface area contributed by atoms with Gasteiger partial charge in [0.2, 0.25) is 5.91 Å². The van der Waals surface area contributed by atoms with Crippen molar-refractivity contribution in [2.45, 2.75) is 90.0 Å². The second kappa shape index (κ2) is 11.0. The molecule has 0 atom stereocenters. The van der Waals surface area contributed by atoms with Crippen LogP contribution in [-0.4, -0.2) is 29.6 Å². The van der Waals surface area contributed by atoms with E-state index in [1.807, 2.05) is 25.1 Å². The third-order valence-corrected chi connectivity index (χ3v) is 7.89. The van der Waals surface area contributed by atoms with Crippen molar-refractivity contribution in [1.82, 2.24) is 0 Å². The van der Waals surface area contributed by atoms with Crippen molar-refractivity contribution in [2.24, 2.45) is 5.92 Å². The molecule has 2 aliphatic rings. The molecule has 0 saturated heterocycles. The third kappa shape index (κ3) is 5.58. The van der Waals surface area contributed by atoms with E-state index in [9.17, 15) is 19.1 Å². The molecule has 2 aromatic rings. The summed E-state index contributed by atoms with van der Waals surface area (Å²) in [6.45, 7) is 7.05. The van der Waals surface area contributed by atoms with Gasteiger partial charge >= 0.3 is 5.97 Å². The number of rotatable bonds is 9. The highest BCUT2D eigenvalue weighted by Crippen LogP contribution is 2.46. The number of hydrogen-bond donors (Lipinski definition) is 2. The normalized spacial score (nSPS) is 17.5. The molecule has 5 nitrogen and oxygen atoms in total. The lowest BCUT2D eigenvalue weighted by molar-refractivity contribution is -0.147. The molecule has 1 amide bonds. The highest BCUT2D eigenvalue weighted by Gasteiger charge is 2.46. The van der Waals surface area contributed by atoms with Crippen LogP contribution in [0, 0.1) is 18.7 Å². The van der Waals surface area contributed by atoms with E-state index in [1.165, 1.54) is 25.3 Å². The minimum atomic E-state index is -0.894. The highest BCUT2D eigenvalue weighted by atomic mass is 19.1. The molecular formula is C30H39FN2O3. The summed E-state index contributed by atoms with van der Waals surface area (Å²) in [7, 11) is 0. The Morgan fingerprint density at radius 2 is 1.81 bits per heavy atom. The summed E-state index contributed by atoms with van der Waals surface area (Å²) in [6.07, 6.45) is 7.84. The Morgan fingerprint density at radius 1 is 1.08 bits per heavy atom. The lowest BCUT2D eigenvalue weighted by Gasteiger charge is -2.41. The molecule has 4 rings (SSSR count). The first-order valence-electron chi connectivity index (χ1n) is 13.4. The first-order chi connectivity index (χ1) is 17.2. The van der Waals surface area contributed by atoms with Crippen molar-refractivity contribution in [3.63, 3.8) is 0 Å². The Bertz CT molecular complexity index is 1100. The molecule has 2 N–H and O–H groups in total. The van der Waals surface area contributed by atoms with Crippen LogP contribution in [0.15, 0.2) is 36.4 Å².